The lowest BCUT2D eigenvalue weighted by Gasteiger charge is -2.10. The molecule has 9 heteroatoms. The Bertz CT molecular complexity index is 1560. The van der Waals surface area contributed by atoms with Gasteiger partial charge in [-0.1, -0.05) is 29.8 Å². The van der Waals surface area contributed by atoms with Crippen molar-refractivity contribution in [2.45, 2.75) is 0 Å². The molecule has 2 aromatic carbocycles. The Morgan fingerprint density at radius 1 is 1.12 bits per heavy atom. The number of aryl methyl sites for hydroxylation is 1. The van der Waals surface area contributed by atoms with Crippen molar-refractivity contribution in [3.05, 3.63) is 76.4 Å². The Morgan fingerprint density at radius 3 is 2.70 bits per heavy atom. The summed E-state index contributed by atoms with van der Waals surface area (Å²) in [6, 6.07) is 14.6. The van der Waals surface area contributed by atoms with Crippen molar-refractivity contribution in [2.24, 2.45) is 7.05 Å². The molecule has 33 heavy (non-hydrogen) atoms. The standard InChI is InChI=1S/C24H17ClN4O3S/c1-29-12-13(11-26-29)19-10-17(15-5-3-4-6-18(15)28-19)23(30)27-14-7-8-16-20(9-14)33-22(21(16)25)24(31)32-2/h3-12H,1-2H3,(H,27,30). The van der Waals surface area contributed by atoms with E-state index in [1.54, 1.807) is 35.1 Å². The number of para-hydroxylation sites is 1. The van der Waals surface area contributed by atoms with Crippen LogP contribution in [0.4, 0.5) is 5.69 Å². The molecular weight excluding hydrogens is 460 g/mol. The van der Waals surface area contributed by atoms with Crippen molar-refractivity contribution in [3.63, 3.8) is 0 Å². The third-order valence-electron chi connectivity index (χ3n) is 5.22. The Kier molecular flexibility index (Phi) is 5.32. The Labute approximate surface area is 197 Å². The molecule has 0 bridgehead atoms. The van der Waals surface area contributed by atoms with Gasteiger partial charge in [0.25, 0.3) is 5.91 Å². The number of hydrogen-bond donors (Lipinski definition) is 1. The number of rotatable bonds is 4. The fourth-order valence-electron chi connectivity index (χ4n) is 3.63. The molecule has 164 valence electrons. The van der Waals surface area contributed by atoms with Gasteiger partial charge in [-0.05, 0) is 30.3 Å². The lowest BCUT2D eigenvalue weighted by atomic mass is 10.0. The van der Waals surface area contributed by atoms with Gasteiger partial charge in [0.2, 0.25) is 0 Å². The van der Waals surface area contributed by atoms with Crippen LogP contribution >= 0.6 is 22.9 Å². The molecule has 0 saturated heterocycles. The number of carbonyl (C=O) groups excluding carboxylic acids is 2. The van der Waals surface area contributed by atoms with Crippen LogP contribution < -0.4 is 5.32 Å². The van der Waals surface area contributed by atoms with E-state index >= 15 is 0 Å². The second-order valence-electron chi connectivity index (χ2n) is 7.38. The van der Waals surface area contributed by atoms with E-state index in [9.17, 15) is 9.59 Å². The van der Waals surface area contributed by atoms with Crippen LogP contribution in [0.5, 0.6) is 0 Å². The molecule has 3 heterocycles. The first kappa shape index (κ1) is 21.1. The Morgan fingerprint density at radius 2 is 1.94 bits per heavy atom. The van der Waals surface area contributed by atoms with Crippen molar-refractivity contribution in [1.29, 1.82) is 0 Å². The highest BCUT2D eigenvalue weighted by Crippen LogP contribution is 2.37. The van der Waals surface area contributed by atoms with E-state index in [0.717, 1.165) is 21.0 Å². The van der Waals surface area contributed by atoms with E-state index in [4.69, 9.17) is 21.3 Å². The SMILES string of the molecule is COC(=O)c1sc2cc(NC(=O)c3cc(-c4cnn(C)c4)nc4ccccc34)ccc2c1Cl. The first-order valence-corrected chi connectivity index (χ1v) is 11.1. The van der Waals surface area contributed by atoms with E-state index in [1.165, 1.54) is 18.4 Å². The molecule has 0 aliphatic carbocycles. The third kappa shape index (κ3) is 3.83. The van der Waals surface area contributed by atoms with Gasteiger partial charge in [0, 0.05) is 40.0 Å². The molecule has 0 spiro atoms. The quantitative estimate of drug-likeness (QED) is 0.344. The molecule has 5 aromatic rings. The molecule has 0 fully saturated rings. The number of anilines is 1. The molecule has 0 unspecified atom stereocenters. The predicted octanol–water partition coefficient (Wildman–Crippen LogP) is 5.54. The largest absolute Gasteiger partial charge is 0.465 e. The van der Waals surface area contributed by atoms with Gasteiger partial charge in [-0.2, -0.15) is 5.10 Å². The maximum Gasteiger partial charge on any atom is 0.349 e. The van der Waals surface area contributed by atoms with Gasteiger partial charge in [-0.3, -0.25) is 9.48 Å². The number of ether oxygens (including phenoxy) is 1. The molecule has 0 radical (unpaired) electrons. The number of halogens is 1. The number of fused-ring (bicyclic) bond motifs is 2. The number of pyridine rings is 1. The minimum atomic E-state index is -0.488. The molecule has 7 nitrogen and oxygen atoms in total. The number of aromatic nitrogens is 3. The summed E-state index contributed by atoms with van der Waals surface area (Å²) in [6.07, 6.45) is 3.57. The first-order chi connectivity index (χ1) is 15.9. The third-order valence-corrected chi connectivity index (χ3v) is 6.86. The van der Waals surface area contributed by atoms with Gasteiger partial charge in [0.1, 0.15) is 4.88 Å². The fourth-order valence-corrected chi connectivity index (χ4v) is 5.10. The molecule has 0 aliphatic heterocycles. The normalized spacial score (nSPS) is 11.1. The van der Waals surface area contributed by atoms with Crippen LogP contribution in [-0.4, -0.2) is 33.8 Å². The topological polar surface area (TPSA) is 86.1 Å². The number of nitrogens with one attached hydrogen (secondary N) is 1. The van der Waals surface area contributed by atoms with Gasteiger partial charge in [0.15, 0.2) is 0 Å². The first-order valence-electron chi connectivity index (χ1n) is 9.95. The van der Waals surface area contributed by atoms with E-state index < -0.39 is 5.97 Å². The fraction of sp³-hybridized carbons (Fsp3) is 0.0833. The second kappa shape index (κ2) is 8.31. The number of esters is 1. The molecule has 0 atom stereocenters. The number of thiophene rings is 1. The molecule has 3 aromatic heterocycles. The number of nitrogens with zero attached hydrogens (tertiary/aromatic N) is 3. The molecule has 0 saturated carbocycles. The summed E-state index contributed by atoms with van der Waals surface area (Å²) in [7, 11) is 3.14. The van der Waals surface area contributed by atoms with Gasteiger partial charge >= 0.3 is 5.97 Å². The summed E-state index contributed by atoms with van der Waals surface area (Å²) in [4.78, 5) is 30.3. The van der Waals surface area contributed by atoms with E-state index in [1.807, 2.05) is 37.5 Å². The average molecular weight is 477 g/mol. The van der Waals surface area contributed by atoms with E-state index in [-0.39, 0.29) is 5.91 Å². The van der Waals surface area contributed by atoms with E-state index in [0.29, 0.717) is 32.4 Å². The lowest BCUT2D eigenvalue weighted by molar-refractivity contribution is 0.0606. The molecule has 1 N–H and O–H groups in total. The molecular formula is C24H17ClN4O3S. The summed E-state index contributed by atoms with van der Waals surface area (Å²) in [6.45, 7) is 0. The second-order valence-corrected chi connectivity index (χ2v) is 8.81. The molecule has 1 amide bonds. The highest BCUT2D eigenvalue weighted by molar-refractivity contribution is 7.21. The van der Waals surface area contributed by atoms with Crippen LogP contribution in [0.1, 0.15) is 20.0 Å². The number of methoxy groups -OCH3 is 1. The van der Waals surface area contributed by atoms with Crippen molar-refractivity contribution in [2.75, 3.05) is 12.4 Å². The maximum atomic E-state index is 13.3. The van der Waals surface area contributed by atoms with E-state index in [2.05, 4.69) is 10.4 Å². The van der Waals surface area contributed by atoms with Crippen LogP contribution in [0.15, 0.2) is 60.9 Å². The van der Waals surface area contributed by atoms with Crippen molar-refractivity contribution < 1.29 is 14.3 Å². The van der Waals surface area contributed by atoms with Crippen LogP contribution in [0.3, 0.4) is 0 Å². The minimum Gasteiger partial charge on any atom is -0.465 e. The highest BCUT2D eigenvalue weighted by atomic mass is 35.5. The summed E-state index contributed by atoms with van der Waals surface area (Å²) in [5.74, 6) is -0.757. The molecule has 5 rings (SSSR count). The van der Waals surface area contributed by atoms with Gasteiger partial charge in [0.05, 0.1) is 35.1 Å². The number of benzene rings is 2. The number of amides is 1. The zero-order chi connectivity index (χ0) is 23.1. The summed E-state index contributed by atoms with van der Waals surface area (Å²) in [5, 5.41) is 8.99. The lowest BCUT2D eigenvalue weighted by Crippen LogP contribution is -2.13. The zero-order valence-corrected chi connectivity index (χ0v) is 19.2. The van der Waals surface area contributed by atoms with Crippen molar-refractivity contribution in [3.8, 4) is 11.3 Å². The van der Waals surface area contributed by atoms with Crippen molar-refractivity contribution >= 4 is 61.5 Å². The summed E-state index contributed by atoms with van der Waals surface area (Å²) >= 11 is 7.56. The maximum absolute atomic E-state index is 13.3. The number of hydrogen-bond acceptors (Lipinski definition) is 6. The van der Waals surface area contributed by atoms with Crippen LogP contribution in [0, 0.1) is 0 Å². The minimum absolute atomic E-state index is 0.270. The van der Waals surface area contributed by atoms with Gasteiger partial charge in [-0.15, -0.1) is 11.3 Å². The smallest absolute Gasteiger partial charge is 0.349 e. The predicted molar refractivity (Wildman–Crippen MR) is 130 cm³/mol. The summed E-state index contributed by atoms with van der Waals surface area (Å²) < 4.78 is 7.26. The van der Waals surface area contributed by atoms with Crippen LogP contribution in [0.2, 0.25) is 5.02 Å². The average Bonchev–Trinajstić information content (AvgIpc) is 3.40. The Balaban J connectivity index is 1.54. The summed E-state index contributed by atoms with van der Waals surface area (Å²) in [5.41, 5.74) is 3.29. The van der Waals surface area contributed by atoms with Gasteiger partial charge < -0.3 is 10.1 Å². The molecule has 0 aliphatic rings. The van der Waals surface area contributed by atoms with Crippen molar-refractivity contribution in [1.82, 2.24) is 14.8 Å². The van der Waals surface area contributed by atoms with Gasteiger partial charge in [-0.25, -0.2) is 9.78 Å². The van der Waals surface area contributed by atoms with Crippen LogP contribution in [-0.2, 0) is 11.8 Å². The monoisotopic (exact) mass is 476 g/mol. The highest BCUT2D eigenvalue weighted by Gasteiger charge is 2.19. The Hall–Kier alpha value is -3.75. The number of carbonyl (C=O) groups is 2. The van der Waals surface area contributed by atoms with Crippen LogP contribution in [0.25, 0.3) is 32.2 Å². The zero-order valence-electron chi connectivity index (χ0n) is 17.6.